The summed E-state index contributed by atoms with van der Waals surface area (Å²) >= 11 is 3.48. The third-order valence-corrected chi connectivity index (χ3v) is 4.58. The predicted octanol–water partition coefficient (Wildman–Crippen LogP) is 4.13. The van der Waals surface area contributed by atoms with E-state index in [2.05, 4.69) is 47.2 Å². The minimum Gasteiger partial charge on any atom is -0.389 e. The van der Waals surface area contributed by atoms with Gasteiger partial charge in [-0.25, -0.2) is 0 Å². The molecular formula is C17H26BrNO2. The van der Waals surface area contributed by atoms with E-state index in [0.29, 0.717) is 25.2 Å². The second kappa shape index (κ2) is 8.16. The van der Waals surface area contributed by atoms with E-state index >= 15 is 0 Å². The van der Waals surface area contributed by atoms with Crippen molar-refractivity contribution in [1.82, 2.24) is 0 Å². The van der Waals surface area contributed by atoms with Crippen molar-refractivity contribution in [1.29, 1.82) is 0 Å². The molecule has 0 saturated heterocycles. The van der Waals surface area contributed by atoms with Crippen LogP contribution in [0.5, 0.6) is 0 Å². The van der Waals surface area contributed by atoms with Gasteiger partial charge in [0.2, 0.25) is 0 Å². The lowest BCUT2D eigenvalue weighted by molar-refractivity contribution is -0.0424. The van der Waals surface area contributed by atoms with E-state index in [4.69, 9.17) is 4.74 Å². The fourth-order valence-electron chi connectivity index (χ4n) is 2.90. The number of aryl methyl sites for hydroxylation is 1. The molecule has 1 aliphatic carbocycles. The number of ether oxygens (including phenoxy) is 1. The molecule has 0 aromatic heterocycles. The van der Waals surface area contributed by atoms with Crippen LogP contribution in [0.25, 0.3) is 0 Å². The number of halogens is 1. The third kappa shape index (κ3) is 5.61. The molecule has 2 N–H and O–H groups in total. The molecule has 0 aliphatic heterocycles. The van der Waals surface area contributed by atoms with Gasteiger partial charge in [-0.3, -0.25) is 0 Å². The molecule has 0 radical (unpaired) electrons. The van der Waals surface area contributed by atoms with Crippen LogP contribution in [0.3, 0.4) is 0 Å². The number of benzene rings is 1. The molecule has 1 aliphatic rings. The highest BCUT2D eigenvalue weighted by atomic mass is 79.9. The van der Waals surface area contributed by atoms with Crippen molar-refractivity contribution in [2.75, 3.05) is 18.5 Å². The second-order valence-corrected chi connectivity index (χ2v) is 7.10. The van der Waals surface area contributed by atoms with Crippen LogP contribution >= 0.6 is 15.9 Å². The third-order valence-electron chi connectivity index (χ3n) is 4.12. The first kappa shape index (κ1) is 16.8. The van der Waals surface area contributed by atoms with E-state index in [1.807, 2.05) is 6.07 Å². The van der Waals surface area contributed by atoms with Gasteiger partial charge in [-0.2, -0.15) is 0 Å². The molecule has 1 saturated carbocycles. The standard InChI is InChI=1S/C17H26BrNO2/c1-12-7-14(18)9-15(8-12)19-10-16(20)11-21-17-6-4-3-5-13(17)2/h7-9,13,16-17,19-20H,3-6,10-11H2,1-2H3. The molecule has 21 heavy (non-hydrogen) atoms. The first-order chi connectivity index (χ1) is 10.0. The van der Waals surface area contributed by atoms with Crippen molar-refractivity contribution in [3.63, 3.8) is 0 Å². The highest BCUT2D eigenvalue weighted by Gasteiger charge is 2.22. The summed E-state index contributed by atoms with van der Waals surface area (Å²) in [6.07, 6.45) is 4.79. The fraction of sp³-hybridized carbons (Fsp3) is 0.647. The lowest BCUT2D eigenvalue weighted by Crippen LogP contribution is -2.32. The largest absolute Gasteiger partial charge is 0.389 e. The van der Waals surface area contributed by atoms with E-state index in [9.17, 15) is 5.11 Å². The molecule has 118 valence electrons. The van der Waals surface area contributed by atoms with Gasteiger partial charge in [-0.1, -0.05) is 35.7 Å². The van der Waals surface area contributed by atoms with Gasteiger partial charge in [-0.15, -0.1) is 0 Å². The van der Waals surface area contributed by atoms with Crippen molar-refractivity contribution in [2.45, 2.75) is 51.7 Å². The summed E-state index contributed by atoms with van der Waals surface area (Å²) in [6, 6.07) is 6.15. The van der Waals surface area contributed by atoms with Crippen LogP contribution in [0, 0.1) is 12.8 Å². The normalized spacial score (nSPS) is 23.8. The molecule has 0 spiro atoms. The average Bonchev–Trinajstić information content (AvgIpc) is 2.43. The molecule has 1 fully saturated rings. The van der Waals surface area contributed by atoms with E-state index < -0.39 is 6.10 Å². The van der Waals surface area contributed by atoms with Gasteiger partial charge in [0.25, 0.3) is 0 Å². The zero-order chi connectivity index (χ0) is 15.2. The maximum Gasteiger partial charge on any atom is 0.0945 e. The number of aliphatic hydroxyl groups excluding tert-OH is 1. The zero-order valence-electron chi connectivity index (χ0n) is 12.9. The van der Waals surface area contributed by atoms with Crippen LogP contribution in [-0.2, 0) is 4.74 Å². The van der Waals surface area contributed by atoms with Crippen molar-refractivity contribution in [3.8, 4) is 0 Å². The van der Waals surface area contributed by atoms with Crippen molar-refractivity contribution in [3.05, 3.63) is 28.2 Å². The summed E-state index contributed by atoms with van der Waals surface area (Å²) in [4.78, 5) is 0. The van der Waals surface area contributed by atoms with Crippen LogP contribution < -0.4 is 5.32 Å². The number of rotatable bonds is 6. The quantitative estimate of drug-likeness (QED) is 0.806. The Morgan fingerprint density at radius 2 is 2.10 bits per heavy atom. The van der Waals surface area contributed by atoms with Gasteiger partial charge in [0.15, 0.2) is 0 Å². The minimum absolute atomic E-state index is 0.321. The number of hydrogen-bond donors (Lipinski definition) is 2. The van der Waals surface area contributed by atoms with E-state index in [1.165, 1.54) is 24.8 Å². The number of aliphatic hydroxyl groups is 1. The Morgan fingerprint density at radius 1 is 1.33 bits per heavy atom. The minimum atomic E-state index is -0.474. The smallest absolute Gasteiger partial charge is 0.0945 e. The Kier molecular flexibility index (Phi) is 6.52. The van der Waals surface area contributed by atoms with Gasteiger partial charge >= 0.3 is 0 Å². The van der Waals surface area contributed by atoms with Crippen LogP contribution in [-0.4, -0.2) is 30.5 Å². The van der Waals surface area contributed by atoms with Crippen molar-refractivity contribution >= 4 is 21.6 Å². The van der Waals surface area contributed by atoms with Crippen molar-refractivity contribution < 1.29 is 9.84 Å². The lowest BCUT2D eigenvalue weighted by Gasteiger charge is -2.29. The molecule has 1 aromatic rings. The molecule has 4 heteroatoms. The summed E-state index contributed by atoms with van der Waals surface area (Å²) in [5.41, 5.74) is 2.21. The highest BCUT2D eigenvalue weighted by molar-refractivity contribution is 9.10. The van der Waals surface area contributed by atoms with Crippen molar-refractivity contribution in [2.24, 2.45) is 5.92 Å². The molecular weight excluding hydrogens is 330 g/mol. The number of hydrogen-bond acceptors (Lipinski definition) is 3. The summed E-state index contributed by atoms with van der Waals surface area (Å²) in [6.45, 7) is 5.23. The van der Waals surface area contributed by atoms with E-state index in [1.54, 1.807) is 0 Å². The topological polar surface area (TPSA) is 41.5 Å². The number of nitrogens with one attached hydrogen (secondary N) is 1. The SMILES string of the molecule is Cc1cc(Br)cc(NCC(O)COC2CCCCC2C)c1. The van der Waals surface area contributed by atoms with Gasteiger partial charge in [0, 0.05) is 16.7 Å². The summed E-state index contributed by atoms with van der Waals surface area (Å²) < 4.78 is 6.94. The summed E-state index contributed by atoms with van der Waals surface area (Å²) in [5, 5.41) is 13.3. The Morgan fingerprint density at radius 3 is 2.81 bits per heavy atom. The first-order valence-electron chi connectivity index (χ1n) is 7.85. The zero-order valence-corrected chi connectivity index (χ0v) is 14.5. The Labute approximate surface area is 136 Å². The molecule has 2 rings (SSSR count). The maximum absolute atomic E-state index is 10.1. The summed E-state index contributed by atoms with van der Waals surface area (Å²) in [5.74, 6) is 0.617. The number of anilines is 1. The monoisotopic (exact) mass is 355 g/mol. The molecule has 0 heterocycles. The highest BCUT2D eigenvalue weighted by Crippen LogP contribution is 2.26. The van der Waals surface area contributed by atoms with Gasteiger partial charge < -0.3 is 15.2 Å². The van der Waals surface area contributed by atoms with Gasteiger partial charge in [0.05, 0.1) is 18.8 Å². The van der Waals surface area contributed by atoms with E-state index in [0.717, 1.165) is 16.6 Å². The van der Waals surface area contributed by atoms with Crippen LogP contribution in [0.4, 0.5) is 5.69 Å². The summed E-state index contributed by atoms with van der Waals surface area (Å²) in [7, 11) is 0. The molecule has 0 bridgehead atoms. The Bertz CT molecular complexity index is 432. The van der Waals surface area contributed by atoms with Crippen LogP contribution in [0.15, 0.2) is 22.7 Å². The van der Waals surface area contributed by atoms with Gasteiger partial charge in [0.1, 0.15) is 0 Å². The maximum atomic E-state index is 10.1. The Balaban J connectivity index is 1.73. The van der Waals surface area contributed by atoms with Crippen LogP contribution in [0.2, 0.25) is 0 Å². The molecule has 3 unspecified atom stereocenters. The first-order valence-corrected chi connectivity index (χ1v) is 8.64. The van der Waals surface area contributed by atoms with Gasteiger partial charge in [-0.05, 0) is 49.4 Å². The molecule has 3 nitrogen and oxygen atoms in total. The predicted molar refractivity (Wildman–Crippen MR) is 90.7 cm³/mol. The molecule has 1 aromatic carbocycles. The van der Waals surface area contributed by atoms with Crippen LogP contribution in [0.1, 0.15) is 38.2 Å². The fourth-order valence-corrected chi connectivity index (χ4v) is 3.51. The molecule has 3 atom stereocenters. The average molecular weight is 356 g/mol. The lowest BCUT2D eigenvalue weighted by atomic mass is 9.88. The van der Waals surface area contributed by atoms with E-state index in [-0.39, 0.29) is 0 Å². The second-order valence-electron chi connectivity index (χ2n) is 6.19. The Hall–Kier alpha value is -0.580. The molecule has 0 amide bonds.